The Balaban J connectivity index is 2.09. The molecular formula is C14H18F3N3O7. The first kappa shape index (κ1) is 21.1. The zero-order valence-electron chi connectivity index (χ0n) is 13.8. The number of nitrogens with zero attached hydrogens (tertiary/aromatic N) is 1. The molecule has 1 saturated heterocycles. The van der Waals surface area contributed by atoms with E-state index in [0.29, 0.717) is 0 Å². The highest BCUT2D eigenvalue weighted by molar-refractivity contribution is 5.81. The second-order valence-electron chi connectivity index (χ2n) is 5.91. The molecule has 1 aromatic heterocycles. The smallest absolute Gasteiger partial charge is 0.394 e. The van der Waals surface area contributed by atoms with Crippen LogP contribution in [0.5, 0.6) is 0 Å². The Morgan fingerprint density at radius 3 is 2.52 bits per heavy atom. The number of H-pyrrole nitrogens is 1. The van der Waals surface area contributed by atoms with Crippen molar-refractivity contribution < 1.29 is 38.0 Å². The number of aromatic amines is 1. The monoisotopic (exact) mass is 397 g/mol. The summed E-state index contributed by atoms with van der Waals surface area (Å²) in [5, 5.41) is 30.4. The lowest BCUT2D eigenvalue weighted by Gasteiger charge is -2.18. The minimum absolute atomic E-state index is 0.00593. The van der Waals surface area contributed by atoms with E-state index in [9.17, 15) is 37.8 Å². The van der Waals surface area contributed by atoms with Crippen LogP contribution in [0.2, 0.25) is 0 Å². The first-order valence-corrected chi connectivity index (χ1v) is 7.88. The van der Waals surface area contributed by atoms with Gasteiger partial charge in [-0.3, -0.25) is 19.1 Å². The second kappa shape index (κ2) is 8.21. The van der Waals surface area contributed by atoms with Crippen molar-refractivity contribution in [1.82, 2.24) is 14.9 Å². The summed E-state index contributed by atoms with van der Waals surface area (Å²) in [6, 6.07) is 0. The lowest BCUT2D eigenvalue weighted by molar-refractivity contribution is -0.173. The highest BCUT2D eigenvalue weighted by atomic mass is 19.4. The van der Waals surface area contributed by atoms with E-state index < -0.39 is 54.5 Å². The summed E-state index contributed by atoms with van der Waals surface area (Å²) >= 11 is 0. The third kappa shape index (κ3) is 4.74. The summed E-state index contributed by atoms with van der Waals surface area (Å²) < 4.78 is 42.3. The molecule has 4 atom stereocenters. The van der Waals surface area contributed by atoms with E-state index in [-0.39, 0.29) is 24.9 Å². The fraction of sp³-hybridized carbons (Fsp3) is 0.643. The van der Waals surface area contributed by atoms with Gasteiger partial charge in [0.25, 0.3) is 5.56 Å². The lowest BCUT2D eigenvalue weighted by atomic mass is 10.1. The maximum absolute atomic E-state index is 12.1. The number of hydrogen-bond donors (Lipinski definition) is 5. The predicted octanol–water partition coefficient (Wildman–Crippen LogP) is -2.24. The van der Waals surface area contributed by atoms with Crippen molar-refractivity contribution in [2.75, 3.05) is 13.2 Å². The minimum Gasteiger partial charge on any atom is -0.394 e. The zero-order valence-corrected chi connectivity index (χ0v) is 13.8. The van der Waals surface area contributed by atoms with Crippen LogP contribution in [0.4, 0.5) is 13.2 Å². The molecule has 0 saturated carbocycles. The number of aryl methyl sites for hydroxylation is 1. The number of nitrogens with one attached hydrogen (secondary N) is 2. The highest BCUT2D eigenvalue weighted by Crippen LogP contribution is 2.28. The molecule has 5 N–H and O–H groups in total. The number of aliphatic hydroxyl groups is 3. The Bertz CT molecular complexity index is 791. The van der Waals surface area contributed by atoms with Crippen molar-refractivity contribution in [3.8, 4) is 0 Å². The molecule has 2 rings (SSSR count). The number of carbonyl (C=O) groups excluding carboxylic acids is 1. The molecule has 27 heavy (non-hydrogen) atoms. The van der Waals surface area contributed by atoms with Gasteiger partial charge in [0.1, 0.15) is 18.3 Å². The van der Waals surface area contributed by atoms with Gasteiger partial charge in [0.15, 0.2) is 6.23 Å². The van der Waals surface area contributed by atoms with Crippen LogP contribution in [0.3, 0.4) is 0 Å². The first-order chi connectivity index (χ1) is 12.6. The number of rotatable bonds is 6. The molecule has 0 aromatic carbocycles. The zero-order chi connectivity index (χ0) is 20.4. The Kier molecular flexibility index (Phi) is 6.41. The predicted molar refractivity (Wildman–Crippen MR) is 81.7 cm³/mol. The molecule has 2 heterocycles. The number of aromatic nitrogens is 2. The SMILES string of the molecule is O=C(NCCCc1cn([C@@H]2O[C@H](CO)[C@@H](O)[C@H]2O)c(=O)[nH]c1=O)C(F)(F)F. The van der Waals surface area contributed by atoms with E-state index in [2.05, 4.69) is 0 Å². The van der Waals surface area contributed by atoms with Crippen LogP contribution in [0.15, 0.2) is 15.8 Å². The quantitative estimate of drug-likeness (QED) is 0.340. The normalized spacial score (nSPS) is 25.6. The lowest BCUT2D eigenvalue weighted by Crippen LogP contribution is -2.39. The van der Waals surface area contributed by atoms with E-state index in [1.807, 2.05) is 4.98 Å². The molecule has 10 nitrogen and oxygen atoms in total. The topological polar surface area (TPSA) is 154 Å². The number of amides is 1. The second-order valence-corrected chi connectivity index (χ2v) is 5.91. The summed E-state index contributed by atoms with van der Waals surface area (Å²) in [5.41, 5.74) is -1.73. The molecule has 13 heteroatoms. The van der Waals surface area contributed by atoms with Crippen molar-refractivity contribution in [2.45, 2.75) is 43.6 Å². The molecule has 1 aliphatic heterocycles. The molecule has 1 aromatic rings. The molecule has 152 valence electrons. The van der Waals surface area contributed by atoms with Crippen molar-refractivity contribution in [3.05, 3.63) is 32.6 Å². The van der Waals surface area contributed by atoms with Crippen LogP contribution in [0.25, 0.3) is 0 Å². The molecule has 0 bridgehead atoms. The van der Waals surface area contributed by atoms with E-state index in [1.165, 1.54) is 0 Å². The Morgan fingerprint density at radius 2 is 1.96 bits per heavy atom. The van der Waals surface area contributed by atoms with Gasteiger partial charge in [-0.05, 0) is 12.8 Å². The maximum Gasteiger partial charge on any atom is 0.471 e. The largest absolute Gasteiger partial charge is 0.471 e. The molecular weight excluding hydrogens is 379 g/mol. The van der Waals surface area contributed by atoms with Crippen LogP contribution >= 0.6 is 0 Å². The highest BCUT2D eigenvalue weighted by Gasteiger charge is 2.43. The maximum atomic E-state index is 12.1. The van der Waals surface area contributed by atoms with E-state index >= 15 is 0 Å². The van der Waals surface area contributed by atoms with Gasteiger partial charge in [-0.2, -0.15) is 13.2 Å². The Hall–Kier alpha value is -2.22. The van der Waals surface area contributed by atoms with Gasteiger partial charge in [-0.25, -0.2) is 4.79 Å². The molecule has 1 aliphatic rings. The van der Waals surface area contributed by atoms with Gasteiger partial charge in [-0.1, -0.05) is 0 Å². The van der Waals surface area contributed by atoms with Crippen LogP contribution < -0.4 is 16.6 Å². The number of halogens is 3. The summed E-state index contributed by atoms with van der Waals surface area (Å²) in [4.78, 5) is 36.5. The number of aliphatic hydroxyl groups excluding tert-OH is 3. The number of ether oxygens (including phenoxy) is 1. The number of hydrogen-bond acceptors (Lipinski definition) is 7. The minimum atomic E-state index is -5.01. The molecule has 0 radical (unpaired) electrons. The Morgan fingerprint density at radius 1 is 1.30 bits per heavy atom. The summed E-state index contributed by atoms with van der Waals surface area (Å²) in [6.07, 6.45) is -9.58. The van der Waals surface area contributed by atoms with Gasteiger partial charge < -0.3 is 25.4 Å². The molecule has 0 spiro atoms. The van der Waals surface area contributed by atoms with Crippen LogP contribution in [0, 0.1) is 0 Å². The summed E-state index contributed by atoms with van der Waals surface area (Å²) in [5.74, 6) is -2.10. The molecule has 0 unspecified atom stereocenters. The van der Waals surface area contributed by atoms with Crippen molar-refractivity contribution >= 4 is 5.91 Å². The van der Waals surface area contributed by atoms with Crippen molar-refractivity contribution in [1.29, 1.82) is 0 Å². The van der Waals surface area contributed by atoms with Crippen LogP contribution in [0.1, 0.15) is 18.2 Å². The molecule has 1 amide bonds. The van der Waals surface area contributed by atoms with E-state index in [0.717, 1.165) is 10.8 Å². The molecule has 1 fully saturated rings. The van der Waals surface area contributed by atoms with Crippen molar-refractivity contribution in [3.63, 3.8) is 0 Å². The average Bonchev–Trinajstić information content (AvgIpc) is 2.87. The van der Waals surface area contributed by atoms with Gasteiger partial charge >= 0.3 is 17.8 Å². The fourth-order valence-corrected chi connectivity index (χ4v) is 2.59. The summed E-state index contributed by atoms with van der Waals surface area (Å²) in [7, 11) is 0. The third-order valence-corrected chi connectivity index (χ3v) is 4.00. The third-order valence-electron chi connectivity index (χ3n) is 4.00. The van der Waals surface area contributed by atoms with Crippen molar-refractivity contribution in [2.24, 2.45) is 0 Å². The molecule has 0 aliphatic carbocycles. The Labute approximate surface area is 149 Å². The number of alkyl halides is 3. The standard InChI is InChI=1S/C14H18F3N3O7/c15-14(16,17)12(25)18-3-1-2-6-4-20(13(26)19-10(6)24)11-9(23)8(22)7(5-21)27-11/h4,7-9,11,21-23H,1-3,5H2,(H,18,25)(H,19,24,26)/t7-,8-,9-,11-/m1/s1. The fourth-order valence-electron chi connectivity index (χ4n) is 2.59. The van der Waals surface area contributed by atoms with Crippen LogP contribution in [-0.4, -0.2) is 68.4 Å². The van der Waals surface area contributed by atoms with Crippen LogP contribution in [-0.2, 0) is 16.0 Å². The van der Waals surface area contributed by atoms with Gasteiger partial charge in [0.2, 0.25) is 0 Å². The average molecular weight is 397 g/mol. The van der Waals surface area contributed by atoms with E-state index in [1.54, 1.807) is 5.32 Å². The summed E-state index contributed by atoms with van der Waals surface area (Å²) in [6.45, 7) is -0.969. The first-order valence-electron chi connectivity index (χ1n) is 7.88. The van der Waals surface area contributed by atoms with Gasteiger partial charge in [-0.15, -0.1) is 0 Å². The number of carbonyl (C=O) groups is 1. The van der Waals surface area contributed by atoms with Gasteiger partial charge in [0.05, 0.1) is 6.61 Å². The van der Waals surface area contributed by atoms with E-state index in [4.69, 9.17) is 9.84 Å². The van der Waals surface area contributed by atoms with Gasteiger partial charge in [0, 0.05) is 18.3 Å².